The Bertz CT molecular complexity index is 459. The number of piperidine rings is 1. The van der Waals surface area contributed by atoms with Crippen LogP contribution in [0, 0.1) is 17.6 Å². The molecule has 0 aliphatic carbocycles. The van der Waals surface area contributed by atoms with Gasteiger partial charge >= 0.3 is 0 Å². The Kier molecular flexibility index (Phi) is 5.67. The van der Waals surface area contributed by atoms with Crippen LogP contribution in [0.15, 0.2) is 18.2 Å². The van der Waals surface area contributed by atoms with Crippen molar-refractivity contribution < 1.29 is 8.78 Å². The van der Waals surface area contributed by atoms with Crippen LogP contribution in [-0.4, -0.2) is 50.1 Å². The summed E-state index contributed by atoms with van der Waals surface area (Å²) in [5, 5.41) is 0. The van der Waals surface area contributed by atoms with Gasteiger partial charge in [-0.05, 0) is 52.0 Å². The Balaban J connectivity index is 1.87. The van der Waals surface area contributed by atoms with Gasteiger partial charge < -0.3 is 15.5 Å². The fourth-order valence-electron chi connectivity index (χ4n) is 3.00. The number of halogens is 2. The number of hydrogen-bond donors (Lipinski definition) is 1. The van der Waals surface area contributed by atoms with Crippen LogP contribution in [0.1, 0.15) is 24.4 Å². The lowest BCUT2D eigenvalue weighted by Crippen LogP contribution is -2.38. The maximum absolute atomic E-state index is 13.7. The minimum atomic E-state index is -0.832. The van der Waals surface area contributed by atoms with E-state index in [1.54, 1.807) is 6.07 Å². The molecule has 1 saturated heterocycles. The molecule has 0 spiro atoms. The van der Waals surface area contributed by atoms with Crippen molar-refractivity contribution in [3.8, 4) is 0 Å². The molecule has 2 N–H and O–H groups in total. The monoisotopic (exact) mass is 297 g/mol. The normalized spacial score (nSPS) is 19.1. The molecule has 2 rings (SSSR count). The molecule has 0 aromatic heterocycles. The summed E-state index contributed by atoms with van der Waals surface area (Å²) in [6.45, 7) is 3.75. The second-order valence-corrected chi connectivity index (χ2v) is 6.22. The molecule has 1 fully saturated rings. The van der Waals surface area contributed by atoms with Gasteiger partial charge in [0.2, 0.25) is 0 Å². The molecule has 21 heavy (non-hydrogen) atoms. The Morgan fingerprint density at radius 3 is 2.67 bits per heavy atom. The first kappa shape index (κ1) is 16.3. The first-order chi connectivity index (χ1) is 9.97. The smallest absolute Gasteiger partial charge is 0.163 e. The molecule has 1 aliphatic rings. The lowest BCUT2D eigenvalue weighted by molar-refractivity contribution is 0.172. The lowest BCUT2D eigenvalue weighted by atomic mass is 9.96. The Hall–Kier alpha value is -1.04. The zero-order valence-corrected chi connectivity index (χ0v) is 12.9. The van der Waals surface area contributed by atoms with Gasteiger partial charge in [0.15, 0.2) is 11.6 Å². The van der Waals surface area contributed by atoms with Crippen LogP contribution in [0.2, 0.25) is 0 Å². The number of nitrogens with two attached hydrogens (primary N) is 1. The van der Waals surface area contributed by atoms with Crippen molar-refractivity contribution in [2.75, 3.05) is 40.3 Å². The van der Waals surface area contributed by atoms with Crippen molar-refractivity contribution >= 4 is 0 Å². The largest absolute Gasteiger partial charge is 0.323 e. The van der Waals surface area contributed by atoms with Crippen molar-refractivity contribution in [3.63, 3.8) is 0 Å². The first-order valence-electron chi connectivity index (χ1n) is 7.54. The molecule has 1 atom stereocenters. The molecule has 5 heteroatoms. The van der Waals surface area contributed by atoms with Gasteiger partial charge in [0.05, 0.1) is 0 Å². The molecule has 0 bridgehead atoms. The molecule has 0 amide bonds. The van der Waals surface area contributed by atoms with E-state index in [0.29, 0.717) is 12.5 Å². The van der Waals surface area contributed by atoms with E-state index in [2.05, 4.69) is 16.8 Å². The SMILES string of the molecule is CN1CCC(CN(C)CC(N)c2cccc(F)c2F)CC1. The minimum Gasteiger partial charge on any atom is -0.323 e. The van der Waals surface area contributed by atoms with E-state index in [9.17, 15) is 8.78 Å². The quantitative estimate of drug-likeness (QED) is 0.904. The average molecular weight is 297 g/mol. The summed E-state index contributed by atoms with van der Waals surface area (Å²) >= 11 is 0. The topological polar surface area (TPSA) is 32.5 Å². The van der Waals surface area contributed by atoms with E-state index < -0.39 is 17.7 Å². The highest BCUT2D eigenvalue weighted by Crippen LogP contribution is 2.20. The van der Waals surface area contributed by atoms with E-state index in [-0.39, 0.29) is 5.56 Å². The summed E-state index contributed by atoms with van der Waals surface area (Å²) in [4.78, 5) is 4.47. The van der Waals surface area contributed by atoms with Gasteiger partial charge in [0, 0.05) is 24.7 Å². The number of hydrogen-bond acceptors (Lipinski definition) is 3. The minimum absolute atomic E-state index is 0.255. The Morgan fingerprint density at radius 2 is 2.00 bits per heavy atom. The molecule has 118 valence electrons. The number of rotatable bonds is 5. The molecule has 1 unspecified atom stereocenters. The second-order valence-electron chi connectivity index (χ2n) is 6.22. The Labute approximate surface area is 125 Å². The predicted octanol–water partition coefficient (Wildman–Crippen LogP) is 2.24. The molecule has 1 aromatic carbocycles. The molecular formula is C16H25F2N3. The molecule has 1 aliphatic heterocycles. The third-order valence-electron chi connectivity index (χ3n) is 4.30. The molecule has 1 aromatic rings. The zero-order chi connectivity index (χ0) is 15.4. The third-order valence-corrected chi connectivity index (χ3v) is 4.30. The molecule has 1 heterocycles. The van der Waals surface area contributed by atoms with Crippen molar-refractivity contribution in [1.29, 1.82) is 0 Å². The number of likely N-dealkylation sites (tertiary alicyclic amines) is 1. The van der Waals surface area contributed by atoms with Crippen LogP contribution in [0.3, 0.4) is 0 Å². The highest BCUT2D eigenvalue weighted by atomic mass is 19.2. The molecule has 0 saturated carbocycles. The van der Waals surface area contributed by atoms with Crippen molar-refractivity contribution in [2.24, 2.45) is 11.7 Å². The highest BCUT2D eigenvalue weighted by Gasteiger charge is 2.20. The van der Waals surface area contributed by atoms with E-state index in [0.717, 1.165) is 25.7 Å². The summed E-state index contributed by atoms with van der Waals surface area (Å²) in [6.07, 6.45) is 2.37. The molecular weight excluding hydrogens is 272 g/mol. The molecule has 0 radical (unpaired) electrons. The van der Waals surface area contributed by atoms with Crippen molar-refractivity contribution in [2.45, 2.75) is 18.9 Å². The lowest BCUT2D eigenvalue weighted by Gasteiger charge is -2.32. The fraction of sp³-hybridized carbons (Fsp3) is 0.625. The third kappa shape index (κ3) is 4.46. The summed E-state index contributed by atoms with van der Waals surface area (Å²) in [7, 11) is 4.14. The maximum atomic E-state index is 13.7. The fourth-order valence-corrected chi connectivity index (χ4v) is 3.00. The summed E-state index contributed by atoms with van der Waals surface area (Å²) in [5.41, 5.74) is 6.29. The zero-order valence-electron chi connectivity index (χ0n) is 12.9. The summed E-state index contributed by atoms with van der Waals surface area (Å²) in [5.74, 6) is -0.991. The Morgan fingerprint density at radius 1 is 1.33 bits per heavy atom. The van der Waals surface area contributed by atoms with Gasteiger partial charge in [-0.2, -0.15) is 0 Å². The van der Waals surface area contributed by atoms with Crippen LogP contribution in [0.4, 0.5) is 8.78 Å². The van der Waals surface area contributed by atoms with E-state index in [1.165, 1.54) is 18.9 Å². The summed E-state index contributed by atoms with van der Waals surface area (Å²) < 4.78 is 27.0. The van der Waals surface area contributed by atoms with Crippen LogP contribution < -0.4 is 5.73 Å². The second kappa shape index (κ2) is 7.29. The van der Waals surface area contributed by atoms with Gasteiger partial charge in [-0.15, -0.1) is 0 Å². The first-order valence-corrected chi connectivity index (χ1v) is 7.54. The van der Waals surface area contributed by atoms with Gasteiger partial charge in [0.25, 0.3) is 0 Å². The molecule has 3 nitrogen and oxygen atoms in total. The standard InChI is InChI=1S/C16H25F2N3/c1-20-8-6-12(7-9-20)10-21(2)11-15(19)13-4-3-5-14(17)16(13)18/h3-5,12,15H,6-11,19H2,1-2H3. The van der Waals surface area contributed by atoms with Gasteiger partial charge in [0.1, 0.15) is 0 Å². The average Bonchev–Trinajstić information content (AvgIpc) is 2.44. The van der Waals surface area contributed by atoms with Crippen LogP contribution in [0.5, 0.6) is 0 Å². The van der Waals surface area contributed by atoms with Gasteiger partial charge in [-0.3, -0.25) is 0 Å². The summed E-state index contributed by atoms with van der Waals surface area (Å²) in [6, 6.07) is 3.68. The predicted molar refractivity (Wildman–Crippen MR) is 81.0 cm³/mol. The maximum Gasteiger partial charge on any atom is 0.163 e. The number of benzene rings is 1. The van der Waals surface area contributed by atoms with Gasteiger partial charge in [-0.1, -0.05) is 12.1 Å². The highest BCUT2D eigenvalue weighted by molar-refractivity contribution is 5.22. The van der Waals surface area contributed by atoms with Crippen LogP contribution in [-0.2, 0) is 0 Å². The van der Waals surface area contributed by atoms with E-state index in [1.807, 2.05) is 7.05 Å². The van der Waals surface area contributed by atoms with Crippen molar-refractivity contribution in [1.82, 2.24) is 9.80 Å². The van der Waals surface area contributed by atoms with E-state index >= 15 is 0 Å². The number of nitrogens with zero attached hydrogens (tertiary/aromatic N) is 2. The van der Waals surface area contributed by atoms with Gasteiger partial charge in [-0.25, -0.2) is 8.78 Å². The van der Waals surface area contributed by atoms with E-state index in [4.69, 9.17) is 5.73 Å². The van der Waals surface area contributed by atoms with Crippen molar-refractivity contribution in [3.05, 3.63) is 35.4 Å². The number of likely N-dealkylation sites (N-methyl/N-ethyl adjacent to an activating group) is 1. The van der Waals surface area contributed by atoms with Crippen LogP contribution >= 0.6 is 0 Å². The van der Waals surface area contributed by atoms with Crippen LogP contribution in [0.25, 0.3) is 0 Å².